The molecular weight excluding hydrogens is 838 g/mol. The van der Waals surface area contributed by atoms with Gasteiger partial charge in [-0.15, -0.1) is 0 Å². The Morgan fingerprint density at radius 2 is 0.844 bits per heavy atom. The van der Waals surface area contributed by atoms with Crippen LogP contribution in [0.2, 0.25) is 0 Å². The van der Waals surface area contributed by atoms with Crippen LogP contribution in [0.4, 0.5) is 0 Å². The molecule has 296 valence electrons. The standard InChI is InChI=1S/C60H37BN2Se/c1-5-17-38(18-6-1)42-31-33-52-49(35-42)61-50-36-43(39-19-7-2-8-20-39)32-34-54(50)64-55-37-53(56-48-25-13-14-30-51(48)62(52)60(56)57(55)61)63-58-44(40-21-9-3-10-22-40)26-15-28-46(58)47-29-16-27-45(59(47)63)41-23-11-4-12-24-41/h1-37H. The van der Waals surface area contributed by atoms with Crippen LogP contribution >= 0.6 is 0 Å². The van der Waals surface area contributed by atoms with E-state index < -0.39 is 0 Å². The second-order valence-corrected chi connectivity index (χ2v) is 19.4. The number of benzene rings is 10. The van der Waals surface area contributed by atoms with Crippen molar-refractivity contribution in [1.29, 1.82) is 0 Å². The molecule has 4 heteroatoms. The Morgan fingerprint density at radius 1 is 0.328 bits per heavy atom. The first-order valence-corrected chi connectivity index (χ1v) is 23.8. The van der Waals surface area contributed by atoms with E-state index in [-0.39, 0.29) is 21.7 Å². The Balaban J connectivity index is 1.16. The zero-order chi connectivity index (χ0) is 41.9. The van der Waals surface area contributed by atoms with Gasteiger partial charge in [-0.2, -0.15) is 0 Å². The summed E-state index contributed by atoms with van der Waals surface area (Å²) in [7, 11) is 0. The van der Waals surface area contributed by atoms with Crippen LogP contribution in [0.25, 0.3) is 99.5 Å². The summed E-state index contributed by atoms with van der Waals surface area (Å²) in [5.74, 6) is 0. The zero-order valence-corrected chi connectivity index (χ0v) is 36.5. The Labute approximate surface area is 377 Å². The zero-order valence-electron chi connectivity index (χ0n) is 34.7. The summed E-state index contributed by atoms with van der Waals surface area (Å²) >= 11 is 0.0401. The Hall–Kier alpha value is -7.62. The third-order valence-electron chi connectivity index (χ3n) is 13.8. The summed E-state index contributed by atoms with van der Waals surface area (Å²) in [6.45, 7) is 0.0641. The summed E-state index contributed by atoms with van der Waals surface area (Å²) in [6.07, 6.45) is 0. The van der Waals surface area contributed by atoms with E-state index in [0.717, 1.165) is 0 Å². The minimum absolute atomic E-state index is 0.0401. The van der Waals surface area contributed by atoms with Crippen molar-refractivity contribution in [1.82, 2.24) is 9.13 Å². The van der Waals surface area contributed by atoms with E-state index in [0.29, 0.717) is 0 Å². The second kappa shape index (κ2) is 13.9. The maximum atomic E-state index is 2.66. The van der Waals surface area contributed by atoms with Crippen molar-refractivity contribution in [3.63, 3.8) is 0 Å². The number of hydrogen-bond donors (Lipinski definition) is 0. The third kappa shape index (κ3) is 5.16. The van der Waals surface area contributed by atoms with Gasteiger partial charge in [0.1, 0.15) is 0 Å². The van der Waals surface area contributed by atoms with Gasteiger partial charge in [0.25, 0.3) is 0 Å². The fourth-order valence-electron chi connectivity index (χ4n) is 11.1. The van der Waals surface area contributed by atoms with Crippen molar-refractivity contribution in [2.75, 3.05) is 0 Å². The van der Waals surface area contributed by atoms with Gasteiger partial charge in [-0.25, -0.2) is 0 Å². The SMILES string of the molecule is c1ccc(-c2ccc3c(c2)B2c4cc(-c5ccccc5)ccc4-n4c5ccccc5c5c(-n6c7c(-c8ccccc8)cccc7c7cccc(-c8ccccc8)c76)cc(c2c54)[Se]3)cc1. The molecule has 0 radical (unpaired) electrons. The molecular formula is C60H37BN2Se. The number of aromatic nitrogens is 2. The van der Waals surface area contributed by atoms with Crippen molar-refractivity contribution in [2.24, 2.45) is 0 Å². The molecule has 0 aliphatic carbocycles. The summed E-state index contributed by atoms with van der Waals surface area (Å²) < 4.78 is 8.19. The molecule has 0 spiro atoms. The number of rotatable bonds is 5. The van der Waals surface area contributed by atoms with Gasteiger partial charge in [-0.05, 0) is 0 Å². The van der Waals surface area contributed by atoms with Gasteiger partial charge in [-0.1, -0.05) is 0 Å². The normalized spacial score (nSPS) is 12.6. The van der Waals surface area contributed by atoms with Crippen molar-refractivity contribution in [2.45, 2.75) is 0 Å². The molecule has 2 aliphatic rings. The molecule has 2 aromatic heterocycles. The predicted molar refractivity (Wildman–Crippen MR) is 273 cm³/mol. The summed E-state index contributed by atoms with van der Waals surface area (Å²) in [6, 6.07) is 83.8. The van der Waals surface area contributed by atoms with Crippen molar-refractivity contribution in [3.05, 3.63) is 224 Å². The van der Waals surface area contributed by atoms with Gasteiger partial charge in [0.05, 0.1) is 0 Å². The first kappa shape index (κ1) is 35.9. The molecule has 0 saturated heterocycles. The van der Waals surface area contributed by atoms with Gasteiger partial charge < -0.3 is 0 Å². The summed E-state index contributed by atoms with van der Waals surface area (Å²) in [5.41, 5.74) is 21.7. The molecule has 0 N–H and O–H groups in total. The molecule has 2 aliphatic heterocycles. The third-order valence-corrected chi connectivity index (χ3v) is 16.2. The fourth-order valence-corrected chi connectivity index (χ4v) is 13.5. The quantitative estimate of drug-likeness (QED) is 0.153. The van der Waals surface area contributed by atoms with E-state index in [1.165, 1.54) is 125 Å². The first-order valence-electron chi connectivity index (χ1n) is 22.1. The van der Waals surface area contributed by atoms with Gasteiger partial charge >= 0.3 is 380 Å². The molecule has 0 bridgehead atoms. The molecule has 2 nitrogen and oxygen atoms in total. The molecule has 4 heterocycles. The molecule has 0 fully saturated rings. The van der Waals surface area contributed by atoms with E-state index in [2.05, 4.69) is 234 Å². The van der Waals surface area contributed by atoms with Gasteiger partial charge in [-0.3, -0.25) is 0 Å². The molecule has 0 atom stereocenters. The van der Waals surface area contributed by atoms with E-state index in [9.17, 15) is 0 Å². The van der Waals surface area contributed by atoms with Crippen LogP contribution in [0.15, 0.2) is 224 Å². The first-order chi connectivity index (χ1) is 31.8. The summed E-state index contributed by atoms with van der Waals surface area (Å²) in [4.78, 5) is 0. The van der Waals surface area contributed by atoms with Crippen LogP contribution in [0.3, 0.4) is 0 Å². The Bertz CT molecular complexity index is 3760. The monoisotopic (exact) mass is 876 g/mol. The molecule has 0 unspecified atom stereocenters. The molecule has 14 rings (SSSR count). The molecule has 10 aromatic carbocycles. The average Bonchev–Trinajstić information content (AvgIpc) is 3.91. The van der Waals surface area contributed by atoms with E-state index >= 15 is 0 Å². The Kier molecular flexibility index (Phi) is 7.83. The van der Waals surface area contributed by atoms with Crippen LogP contribution in [-0.4, -0.2) is 30.8 Å². The van der Waals surface area contributed by atoms with E-state index in [1.807, 2.05) is 0 Å². The molecule has 0 amide bonds. The van der Waals surface area contributed by atoms with Gasteiger partial charge in [0, 0.05) is 0 Å². The predicted octanol–water partition coefficient (Wildman–Crippen LogP) is 11.3. The number of nitrogens with zero attached hydrogens (tertiary/aromatic N) is 2. The van der Waals surface area contributed by atoms with Crippen molar-refractivity contribution >= 4 is 90.6 Å². The van der Waals surface area contributed by atoms with Gasteiger partial charge in [0.2, 0.25) is 0 Å². The Morgan fingerprint density at radius 3 is 1.45 bits per heavy atom. The van der Waals surface area contributed by atoms with Gasteiger partial charge in [0.15, 0.2) is 0 Å². The molecule has 64 heavy (non-hydrogen) atoms. The van der Waals surface area contributed by atoms with Crippen LogP contribution in [0.1, 0.15) is 0 Å². The van der Waals surface area contributed by atoms with Crippen molar-refractivity contribution < 1.29 is 0 Å². The van der Waals surface area contributed by atoms with Crippen molar-refractivity contribution in [3.8, 4) is 55.9 Å². The summed E-state index contributed by atoms with van der Waals surface area (Å²) in [5, 5.41) is 5.10. The van der Waals surface area contributed by atoms with Crippen LogP contribution in [0, 0.1) is 0 Å². The number of hydrogen-bond acceptors (Lipinski definition) is 0. The number of para-hydroxylation sites is 3. The molecule has 0 saturated carbocycles. The average molecular weight is 876 g/mol. The maximum absolute atomic E-state index is 2.66. The van der Waals surface area contributed by atoms with Crippen LogP contribution in [-0.2, 0) is 0 Å². The van der Waals surface area contributed by atoms with Crippen LogP contribution in [0.5, 0.6) is 0 Å². The van der Waals surface area contributed by atoms with E-state index in [1.54, 1.807) is 0 Å². The fraction of sp³-hybridized carbons (Fsp3) is 0. The molecule has 12 aromatic rings. The minimum atomic E-state index is 0.0401. The van der Waals surface area contributed by atoms with Crippen LogP contribution < -0.4 is 25.3 Å². The second-order valence-electron chi connectivity index (χ2n) is 17.1. The van der Waals surface area contributed by atoms with E-state index in [4.69, 9.17) is 0 Å². The topological polar surface area (TPSA) is 9.86 Å². The number of fused-ring (bicyclic) bond motifs is 11.